The summed E-state index contributed by atoms with van der Waals surface area (Å²) in [5.41, 5.74) is -0.962. The van der Waals surface area contributed by atoms with Gasteiger partial charge in [0.1, 0.15) is 5.54 Å². The highest BCUT2D eigenvalue weighted by atomic mass is 16.4. The number of nitrogens with zero attached hydrogens (tertiary/aromatic N) is 1. The van der Waals surface area contributed by atoms with Crippen molar-refractivity contribution in [1.29, 1.82) is 0 Å². The zero-order chi connectivity index (χ0) is 12.5. The summed E-state index contributed by atoms with van der Waals surface area (Å²) in [5.74, 6) is -0.135. The summed E-state index contributed by atoms with van der Waals surface area (Å²) in [7, 11) is 0. The minimum absolute atomic E-state index is 0.0271. The molecular weight excluding hydrogens is 218 g/mol. The second-order valence-electron chi connectivity index (χ2n) is 5.56. The molecule has 0 spiro atoms. The molecular formula is C13H21NO3. The zero-order valence-corrected chi connectivity index (χ0v) is 10.4. The second kappa shape index (κ2) is 4.67. The van der Waals surface area contributed by atoms with Crippen LogP contribution in [0.1, 0.15) is 51.9 Å². The van der Waals surface area contributed by atoms with Crippen LogP contribution in [0.2, 0.25) is 0 Å². The third kappa shape index (κ3) is 2.31. The highest BCUT2D eigenvalue weighted by molar-refractivity contribution is 5.87. The predicted molar refractivity (Wildman–Crippen MR) is 63.6 cm³/mol. The Balaban J connectivity index is 1.90. The maximum atomic E-state index is 12.1. The molecule has 17 heavy (non-hydrogen) atoms. The van der Waals surface area contributed by atoms with Gasteiger partial charge in [0.2, 0.25) is 5.91 Å². The van der Waals surface area contributed by atoms with E-state index < -0.39 is 11.5 Å². The van der Waals surface area contributed by atoms with Crippen molar-refractivity contribution in [1.82, 2.24) is 4.90 Å². The molecule has 4 heteroatoms. The van der Waals surface area contributed by atoms with Gasteiger partial charge in [0.15, 0.2) is 0 Å². The van der Waals surface area contributed by atoms with Crippen LogP contribution in [0.3, 0.4) is 0 Å². The van der Waals surface area contributed by atoms with Crippen molar-refractivity contribution >= 4 is 11.9 Å². The maximum absolute atomic E-state index is 12.1. The number of carbonyl (C=O) groups is 2. The zero-order valence-electron chi connectivity index (χ0n) is 10.4. The van der Waals surface area contributed by atoms with Gasteiger partial charge < -0.3 is 10.0 Å². The lowest BCUT2D eigenvalue weighted by molar-refractivity contribution is -0.155. The molecule has 1 heterocycles. The fraction of sp³-hybridized carbons (Fsp3) is 0.846. The molecule has 0 aromatic heterocycles. The Bertz CT molecular complexity index is 325. The van der Waals surface area contributed by atoms with Gasteiger partial charge in [0, 0.05) is 13.0 Å². The molecule has 1 atom stereocenters. The molecule has 0 aromatic carbocycles. The molecule has 1 N–H and O–H groups in total. The fourth-order valence-electron chi connectivity index (χ4n) is 2.83. The Morgan fingerprint density at radius 2 is 2.06 bits per heavy atom. The van der Waals surface area contributed by atoms with E-state index in [9.17, 15) is 14.7 Å². The number of likely N-dealkylation sites (tertiary alicyclic amines) is 1. The normalized spacial score (nSPS) is 29.1. The van der Waals surface area contributed by atoms with Crippen molar-refractivity contribution in [3.8, 4) is 0 Å². The molecule has 4 nitrogen and oxygen atoms in total. The summed E-state index contributed by atoms with van der Waals surface area (Å²) in [4.78, 5) is 24.9. The summed E-state index contributed by atoms with van der Waals surface area (Å²) in [5, 5.41) is 9.23. The van der Waals surface area contributed by atoms with Crippen molar-refractivity contribution in [2.45, 2.75) is 57.4 Å². The van der Waals surface area contributed by atoms with Gasteiger partial charge in [-0.3, -0.25) is 4.79 Å². The lowest BCUT2D eigenvalue weighted by Crippen LogP contribution is -2.50. The van der Waals surface area contributed by atoms with Gasteiger partial charge in [-0.1, -0.05) is 19.3 Å². The molecule has 1 aliphatic heterocycles. The molecule has 1 unspecified atom stereocenters. The van der Waals surface area contributed by atoms with Crippen LogP contribution in [0, 0.1) is 5.92 Å². The van der Waals surface area contributed by atoms with Crippen LogP contribution in [0.4, 0.5) is 0 Å². The average Bonchev–Trinajstić information content (AvgIpc) is 2.59. The molecule has 2 rings (SSSR count). The van der Waals surface area contributed by atoms with E-state index in [4.69, 9.17) is 0 Å². The third-order valence-electron chi connectivity index (χ3n) is 4.39. The Hall–Kier alpha value is -1.06. The predicted octanol–water partition coefficient (Wildman–Crippen LogP) is 2.03. The van der Waals surface area contributed by atoms with Crippen LogP contribution >= 0.6 is 0 Å². The molecule has 2 aliphatic rings. The van der Waals surface area contributed by atoms with Crippen LogP contribution in [0.25, 0.3) is 0 Å². The first-order valence-corrected chi connectivity index (χ1v) is 6.58. The van der Waals surface area contributed by atoms with Gasteiger partial charge in [-0.25, -0.2) is 4.79 Å². The van der Waals surface area contributed by atoms with E-state index in [1.807, 2.05) is 0 Å². The molecule has 1 saturated carbocycles. The lowest BCUT2D eigenvalue weighted by Gasteiger charge is -2.32. The minimum Gasteiger partial charge on any atom is -0.480 e. The molecule has 1 aliphatic carbocycles. The van der Waals surface area contributed by atoms with E-state index in [1.165, 1.54) is 19.3 Å². The first-order valence-electron chi connectivity index (χ1n) is 6.58. The molecule has 2 fully saturated rings. The topological polar surface area (TPSA) is 57.6 Å². The number of hydrogen-bond acceptors (Lipinski definition) is 2. The Morgan fingerprint density at radius 1 is 1.35 bits per heavy atom. The van der Waals surface area contributed by atoms with E-state index >= 15 is 0 Å². The number of carboxylic acids is 1. The number of carbonyl (C=O) groups excluding carboxylic acids is 1. The first-order chi connectivity index (χ1) is 8.04. The van der Waals surface area contributed by atoms with Crippen LogP contribution in [-0.2, 0) is 9.59 Å². The monoisotopic (exact) mass is 239 g/mol. The quantitative estimate of drug-likeness (QED) is 0.816. The van der Waals surface area contributed by atoms with E-state index in [1.54, 1.807) is 11.8 Å². The van der Waals surface area contributed by atoms with Gasteiger partial charge >= 0.3 is 5.97 Å². The molecule has 1 saturated heterocycles. The second-order valence-corrected chi connectivity index (χ2v) is 5.56. The summed E-state index contributed by atoms with van der Waals surface area (Å²) >= 11 is 0. The van der Waals surface area contributed by atoms with Crippen LogP contribution in [-0.4, -0.2) is 34.0 Å². The SMILES string of the molecule is CC1(C(=O)O)CCCN1C(=O)CCC1CCC1. The number of hydrogen-bond donors (Lipinski definition) is 1. The Labute approximate surface area is 102 Å². The standard InChI is InChI=1S/C13H21NO3/c1-13(12(16)17)8-3-9-14(13)11(15)7-6-10-4-2-5-10/h10H,2-9H2,1H3,(H,16,17). The van der Waals surface area contributed by atoms with Gasteiger partial charge in [0.05, 0.1) is 0 Å². The summed E-state index contributed by atoms with van der Waals surface area (Å²) in [6.45, 7) is 2.27. The van der Waals surface area contributed by atoms with E-state index in [0.29, 0.717) is 25.3 Å². The van der Waals surface area contributed by atoms with E-state index in [-0.39, 0.29) is 5.91 Å². The van der Waals surface area contributed by atoms with E-state index in [2.05, 4.69) is 0 Å². The molecule has 0 aromatic rings. The minimum atomic E-state index is -0.962. The fourth-order valence-corrected chi connectivity index (χ4v) is 2.83. The molecule has 0 radical (unpaired) electrons. The van der Waals surface area contributed by atoms with Crippen molar-refractivity contribution in [2.75, 3.05) is 6.54 Å². The third-order valence-corrected chi connectivity index (χ3v) is 4.39. The Morgan fingerprint density at radius 3 is 2.59 bits per heavy atom. The molecule has 0 bridgehead atoms. The van der Waals surface area contributed by atoms with Crippen LogP contribution in [0.5, 0.6) is 0 Å². The van der Waals surface area contributed by atoms with Crippen LogP contribution in [0.15, 0.2) is 0 Å². The smallest absolute Gasteiger partial charge is 0.329 e. The number of carboxylic acid groups (broad SMARTS) is 1. The van der Waals surface area contributed by atoms with Crippen LogP contribution < -0.4 is 0 Å². The summed E-state index contributed by atoms with van der Waals surface area (Å²) in [6, 6.07) is 0. The number of aliphatic carboxylic acids is 1. The highest BCUT2D eigenvalue weighted by Gasteiger charge is 2.45. The van der Waals surface area contributed by atoms with Crippen molar-refractivity contribution in [3.63, 3.8) is 0 Å². The number of rotatable bonds is 4. The molecule has 1 amide bonds. The van der Waals surface area contributed by atoms with E-state index in [0.717, 1.165) is 12.8 Å². The van der Waals surface area contributed by atoms with Crippen molar-refractivity contribution in [3.05, 3.63) is 0 Å². The highest BCUT2D eigenvalue weighted by Crippen LogP contribution is 2.33. The molecule has 96 valence electrons. The average molecular weight is 239 g/mol. The van der Waals surface area contributed by atoms with Gasteiger partial charge in [-0.2, -0.15) is 0 Å². The summed E-state index contributed by atoms with van der Waals surface area (Å²) in [6.07, 6.45) is 6.61. The van der Waals surface area contributed by atoms with Gasteiger partial charge in [-0.15, -0.1) is 0 Å². The van der Waals surface area contributed by atoms with Gasteiger partial charge in [-0.05, 0) is 32.1 Å². The maximum Gasteiger partial charge on any atom is 0.329 e. The van der Waals surface area contributed by atoms with Crippen molar-refractivity contribution in [2.24, 2.45) is 5.92 Å². The lowest BCUT2D eigenvalue weighted by atomic mass is 9.82. The number of amides is 1. The first kappa shape index (κ1) is 12.4. The summed E-state index contributed by atoms with van der Waals surface area (Å²) < 4.78 is 0. The largest absolute Gasteiger partial charge is 0.480 e. The van der Waals surface area contributed by atoms with Gasteiger partial charge in [0.25, 0.3) is 0 Å². The van der Waals surface area contributed by atoms with Crippen molar-refractivity contribution < 1.29 is 14.7 Å². The Kier molecular flexibility index (Phi) is 3.40.